The number of amides is 1. The summed E-state index contributed by atoms with van der Waals surface area (Å²) < 4.78 is 5.46. The van der Waals surface area contributed by atoms with Crippen molar-refractivity contribution >= 4 is 51.8 Å². The van der Waals surface area contributed by atoms with Gasteiger partial charge in [-0.25, -0.2) is 0 Å². The minimum Gasteiger partial charge on any atom is -0.494 e. The van der Waals surface area contributed by atoms with E-state index in [4.69, 9.17) is 10.00 Å². The lowest BCUT2D eigenvalue weighted by Gasteiger charge is -2.24. The number of ether oxygens (including phenoxy) is 1. The highest BCUT2D eigenvalue weighted by Crippen LogP contribution is 2.42. The van der Waals surface area contributed by atoms with E-state index in [0.29, 0.717) is 36.3 Å². The fourth-order valence-electron chi connectivity index (χ4n) is 3.06. The van der Waals surface area contributed by atoms with Crippen LogP contribution >= 0.6 is 11.8 Å². The zero-order valence-corrected chi connectivity index (χ0v) is 19.6. The predicted octanol–water partition coefficient (Wildman–Crippen LogP) is 5.30. The van der Waals surface area contributed by atoms with Gasteiger partial charge in [0.1, 0.15) is 21.7 Å². The zero-order valence-electron chi connectivity index (χ0n) is 18.8. The molecule has 0 radical (unpaired) electrons. The number of methoxy groups -OCH3 is 1. The van der Waals surface area contributed by atoms with E-state index in [9.17, 15) is 25.0 Å². The number of nitrogens with zero attached hydrogens (tertiary/aromatic N) is 6. The Hall–Kier alpha value is -4.25. The highest BCUT2D eigenvalue weighted by Gasteiger charge is 2.25. The van der Waals surface area contributed by atoms with E-state index < -0.39 is 21.2 Å². The van der Waals surface area contributed by atoms with Gasteiger partial charge < -0.3 is 15.0 Å². The number of anilines is 2. The summed E-state index contributed by atoms with van der Waals surface area (Å²) in [6.07, 6.45) is 0. The van der Waals surface area contributed by atoms with E-state index >= 15 is 0 Å². The Labute approximate surface area is 198 Å². The van der Waals surface area contributed by atoms with Crippen molar-refractivity contribution in [1.82, 2.24) is 0 Å². The van der Waals surface area contributed by atoms with Crippen LogP contribution in [0, 0.1) is 30.9 Å². The van der Waals surface area contributed by atoms with E-state index in [0.717, 1.165) is 12.1 Å². The van der Waals surface area contributed by atoms with Gasteiger partial charge in [-0.2, -0.15) is 5.26 Å². The third kappa shape index (κ3) is 5.95. The number of hydrogen-bond donors (Lipinski definition) is 1. The Morgan fingerprint density at radius 3 is 2.24 bits per heavy atom. The molecule has 0 aromatic heterocycles. The molecule has 0 unspecified atom stereocenters. The fraction of sp³-hybridized carbons (Fsp3) is 0.300. The summed E-state index contributed by atoms with van der Waals surface area (Å²) in [4.78, 5) is 34.8. The van der Waals surface area contributed by atoms with E-state index in [1.807, 2.05) is 18.7 Å². The highest BCUT2D eigenvalue weighted by molar-refractivity contribution is 8.03. The molecule has 34 heavy (non-hydrogen) atoms. The van der Waals surface area contributed by atoms with Crippen molar-refractivity contribution in [2.75, 3.05) is 30.4 Å². The molecule has 0 heterocycles. The molecular weight excluding hydrogens is 466 g/mol. The molecule has 0 saturated carbocycles. The number of nitro benzene ring substituents is 2. The van der Waals surface area contributed by atoms with Crippen LogP contribution in [0.1, 0.15) is 20.8 Å². The second kappa shape index (κ2) is 11.6. The van der Waals surface area contributed by atoms with E-state index in [-0.39, 0.29) is 27.9 Å². The molecule has 0 atom stereocenters. The number of rotatable bonds is 10. The van der Waals surface area contributed by atoms with Crippen LogP contribution in [-0.2, 0) is 4.79 Å². The number of nitro groups is 2. The molecule has 1 amide bonds. The third-order valence-electron chi connectivity index (χ3n) is 4.58. The quantitative estimate of drug-likeness (QED) is 0.153. The number of azo groups is 1. The number of thiocyanates is 1. The normalized spacial score (nSPS) is 10.6. The maximum absolute atomic E-state index is 11.8. The van der Waals surface area contributed by atoms with Crippen LogP contribution in [0.5, 0.6) is 5.75 Å². The molecule has 2 aromatic carbocycles. The second-order valence-electron chi connectivity index (χ2n) is 6.61. The molecule has 0 saturated heterocycles. The van der Waals surface area contributed by atoms with Gasteiger partial charge >= 0.3 is 5.69 Å². The Morgan fingerprint density at radius 2 is 1.74 bits per heavy atom. The fourth-order valence-corrected chi connectivity index (χ4v) is 3.57. The van der Waals surface area contributed by atoms with Gasteiger partial charge in [0.25, 0.3) is 5.69 Å². The molecule has 0 aliphatic heterocycles. The van der Waals surface area contributed by atoms with Crippen molar-refractivity contribution in [2.45, 2.75) is 25.7 Å². The van der Waals surface area contributed by atoms with Crippen molar-refractivity contribution < 1.29 is 19.4 Å². The van der Waals surface area contributed by atoms with Crippen LogP contribution in [-0.4, -0.2) is 36.0 Å². The van der Waals surface area contributed by atoms with Crippen molar-refractivity contribution in [1.29, 1.82) is 5.26 Å². The topological polar surface area (TPSA) is 176 Å². The first-order valence-corrected chi connectivity index (χ1v) is 10.7. The van der Waals surface area contributed by atoms with Crippen LogP contribution in [0.25, 0.3) is 0 Å². The third-order valence-corrected chi connectivity index (χ3v) is 5.22. The number of thioether (sulfide) groups is 1. The maximum atomic E-state index is 11.8. The van der Waals surface area contributed by atoms with Crippen LogP contribution < -0.4 is 15.0 Å². The van der Waals surface area contributed by atoms with Crippen molar-refractivity contribution in [2.24, 2.45) is 10.2 Å². The molecule has 0 bridgehead atoms. The minimum absolute atomic E-state index is 0.122. The van der Waals surface area contributed by atoms with Crippen LogP contribution in [0.4, 0.5) is 34.1 Å². The lowest BCUT2D eigenvalue weighted by molar-refractivity contribution is -0.395. The monoisotopic (exact) mass is 487 g/mol. The first-order chi connectivity index (χ1) is 16.2. The molecule has 0 fully saturated rings. The number of carbonyl (C=O) groups excluding carboxylic acids is 1. The number of benzene rings is 2. The lowest BCUT2D eigenvalue weighted by Crippen LogP contribution is -2.22. The van der Waals surface area contributed by atoms with Gasteiger partial charge in [0, 0.05) is 26.1 Å². The molecule has 0 aliphatic rings. The molecule has 0 aliphatic carbocycles. The van der Waals surface area contributed by atoms with Gasteiger partial charge in [-0.3, -0.25) is 25.0 Å². The van der Waals surface area contributed by atoms with Gasteiger partial charge in [-0.05, 0) is 37.7 Å². The van der Waals surface area contributed by atoms with Gasteiger partial charge in [-0.1, -0.05) is 0 Å². The highest BCUT2D eigenvalue weighted by atomic mass is 32.2. The molecule has 2 rings (SSSR count). The van der Waals surface area contributed by atoms with Crippen LogP contribution in [0.2, 0.25) is 0 Å². The first-order valence-electron chi connectivity index (χ1n) is 9.85. The summed E-state index contributed by atoms with van der Waals surface area (Å²) in [6, 6.07) is 4.95. The van der Waals surface area contributed by atoms with Gasteiger partial charge in [0.2, 0.25) is 5.91 Å². The first kappa shape index (κ1) is 26.0. The average Bonchev–Trinajstić information content (AvgIpc) is 2.78. The largest absolute Gasteiger partial charge is 0.494 e. The van der Waals surface area contributed by atoms with E-state index in [2.05, 4.69) is 15.5 Å². The molecule has 1 N–H and O–H groups in total. The summed E-state index contributed by atoms with van der Waals surface area (Å²) in [6.45, 7) is 6.57. The number of nitriles is 1. The summed E-state index contributed by atoms with van der Waals surface area (Å²) in [5.74, 6) is 0.0619. The lowest BCUT2D eigenvalue weighted by atomic mass is 10.2. The molecular formula is C20H21N7O6S. The summed E-state index contributed by atoms with van der Waals surface area (Å²) in [5.41, 5.74) is -0.426. The Kier molecular flexibility index (Phi) is 8.85. The van der Waals surface area contributed by atoms with Crippen molar-refractivity contribution in [3.63, 3.8) is 0 Å². The minimum atomic E-state index is -0.832. The van der Waals surface area contributed by atoms with Crippen LogP contribution in [0.3, 0.4) is 0 Å². The van der Waals surface area contributed by atoms with Gasteiger partial charge in [0.05, 0.1) is 34.4 Å². The van der Waals surface area contributed by atoms with Crippen LogP contribution in [0.15, 0.2) is 39.4 Å². The second-order valence-corrected chi connectivity index (χ2v) is 7.44. The number of hydrogen-bond acceptors (Lipinski definition) is 11. The maximum Gasteiger partial charge on any atom is 0.303 e. The summed E-state index contributed by atoms with van der Waals surface area (Å²) in [7, 11) is 1.47. The average molecular weight is 487 g/mol. The number of nitrogens with one attached hydrogen (secondary N) is 1. The molecule has 2 aromatic rings. The van der Waals surface area contributed by atoms with Gasteiger partial charge in [0.15, 0.2) is 5.69 Å². The Bertz CT molecular complexity index is 1190. The Balaban J connectivity index is 2.70. The molecule has 13 nitrogen and oxygen atoms in total. The Morgan fingerprint density at radius 1 is 1.12 bits per heavy atom. The van der Waals surface area contributed by atoms with Gasteiger partial charge in [-0.15, -0.1) is 10.2 Å². The van der Waals surface area contributed by atoms with E-state index in [1.54, 1.807) is 11.5 Å². The predicted molar refractivity (Wildman–Crippen MR) is 126 cm³/mol. The molecule has 0 spiro atoms. The summed E-state index contributed by atoms with van der Waals surface area (Å²) >= 11 is 0.471. The molecule has 178 valence electrons. The summed E-state index contributed by atoms with van der Waals surface area (Å²) in [5, 5.41) is 44.0. The number of carbonyl (C=O) groups is 1. The van der Waals surface area contributed by atoms with Crippen molar-refractivity contribution in [3.8, 4) is 11.2 Å². The SMILES string of the molecule is CCN(CC)c1cc(NC(C)=O)c(N=Nc2cc(SC#N)c([N+](=O)[O-])cc2[N+](=O)[O-])cc1OC. The van der Waals surface area contributed by atoms with Crippen molar-refractivity contribution in [3.05, 3.63) is 44.5 Å². The zero-order chi connectivity index (χ0) is 25.4. The standard InChI is InChI=1S/C20H21N7O6S/c1-5-25(6-2)17-7-13(22-12(3)28)14(8-19(17)33-4)23-24-15-9-20(34-11-21)18(27(31)32)10-16(15)26(29)30/h7-10H,5-6H2,1-4H3,(H,22,28). The molecule has 14 heteroatoms. The van der Waals surface area contributed by atoms with E-state index in [1.165, 1.54) is 20.1 Å². The smallest absolute Gasteiger partial charge is 0.303 e.